The fraction of sp³-hybridized carbons (Fsp3) is 0.816. The average molecular weight is 658 g/mol. The Morgan fingerprint density at radius 2 is 1.81 bits per heavy atom. The Bertz CT molecular complexity index is 864. The zero-order valence-electron chi connectivity index (χ0n) is 28.3. The first kappa shape index (κ1) is 38.1. The van der Waals surface area contributed by atoms with E-state index in [2.05, 4.69) is 59.3 Å². The van der Waals surface area contributed by atoms with Crippen molar-refractivity contribution in [2.75, 3.05) is 13.2 Å². The van der Waals surface area contributed by atoms with Gasteiger partial charge in [-0.25, -0.2) is 13.0 Å². The molecule has 3 nitrogen and oxygen atoms in total. The molecule has 0 spiro atoms. The summed E-state index contributed by atoms with van der Waals surface area (Å²) in [5, 5.41) is 0. The summed E-state index contributed by atoms with van der Waals surface area (Å²) in [6, 6.07) is 0. The summed E-state index contributed by atoms with van der Waals surface area (Å²) >= 11 is 0. The van der Waals surface area contributed by atoms with Crippen molar-refractivity contribution >= 4 is 5.97 Å². The molecule has 1 radical (unpaired) electrons. The van der Waals surface area contributed by atoms with Crippen LogP contribution in [0.25, 0.3) is 0 Å². The van der Waals surface area contributed by atoms with Crippen molar-refractivity contribution in [2.24, 2.45) is 46.3 Å². The molecule has 0 aromatic carbocycles. The minimum Gasteiger partial charge on any atom is -0.480 e. The van der Waals surface area contributed by atoms with Gasteiger partial charge in [0.1, 0.15) is 0 Å². The van der Waals surface area contributed by atoms with E-state index in [-0.39, 0.29) is 38.7 Å². The molecule has 0 aromatic heterocycles. The van der Waals surface area contributed by atoms with Crippen LogP contribution in [-0.4, -0.2) is 25.3 Å². The van der Waals surface area contributed by atoms with Gasteiger partial charge in [-0.2, -0.15) is 12.5 Å². The molecule has 4 aliphatic carbocycles. The van der Waals surface area contributed by atoms with E-state index in [4.69, 9.17) is 4.74 Å². The van der Waals surface area contributed by atoms with Crippen molar-refractivity contribution in [1.29, 1.82) is 0 Å². The van der Waals surface area contributed by atoms with E-state index in [1.54, 1.807) is 17.7 Å². The maximum atomic E-state index is 10.0. The molecule has 3 unspecified atom stereocenters. The molecule has 0 aromatic rings. The van der Waals surface area contributed by atoms with Gasteiger partial charge < -0.3 is 16.4 Å². The maximum Gasteiger partial charge on any atom is 0.301 e. The number of hydrogen-bond acceptors (Lipinski definition) is 3. The Labute approximate surface area is 286 Å². The van der Waals surface area contributed by atoms with E-state index in [0.717, 1.165) is 48.5 Å². The number of fused-ring (bicyclic) bond motifs is 5. The second-order valence-corrected chi connectivity index (χ2v) is 14.9. The third-order valence-corrected chi connectivity index (χ3v) is 11.8. The van der Waals surface area contributed by atoms with Crippen molar-refractivity contribution < 1.29 is 47.0 Å². The fourth-order valence-electron chi connectivity index (χ4n) is 9.56. The largest absolute Gasteiger partial charge is 0.480 e. The van der Waals surface area contributed by atoms with E-state index >= 15 is 0 Å². The molecule has 0 N–H and O–H groups in total. The number of allylic oxidation sites excluding steroid dienone is 2. The Morgan fingerprint density at radius 3 is 2.48 bits per heavy atom. The van der Waals surface area contributed by atoms with E-state index in [1.165, 1.54) is 90.4 Å². The number of esters is 1. The number of unbranched alkanes of at least 4 members (excludes halogenated alkanes) is 2. The van der Waals surface area contributed by atoms with Gasteiger partial charge in [0.05, 0.1) is 6.10 Å². The van der Waals surface area contributed by atoms with Crippen LogP contribution < -0.4 is 0 Å². The number of carbonyl (C=O) groups is 1. The van der Waals surface area contributed by atoms with Crippen LogP contribution in [0.5, 0.6) is 0 Å². The smallest absolute Gasteiger partial charge is 0.301 e. The first-order chi connectivity index (χ1) is 19.6. The summed E-state index contributed by atoms with van der Waals surface area (Å²) in [4.78, 5) is 10.0. The predicted octanol–water partition coefficient (Wildman–Crippen LogP) is 10.4. The van der Waals surface area contributed by atoms with E-state index in [1.807, 2.05) is 0 Å². The predicted molar refractivity (Wildman–Crippen MR) is 173 cm³/mol. The van der Waals surface area contributed by atoms with E-state index < -0.39 is 0 Å². The first-order valence-electron chi connectivity index (χ1n) is 17.2. The molecule has 4 rings (SSSR count). The van der Waals surface area contributed by atoms with Crippen LogP contribution in [0.2, 0.25) is 0 Å². The molecule has 0 amide bonds. The molecule has 0 heterocycles. The molecular formula is C38H64O3Y-2. The second kappa shape index (κ2) is 18.1. The van der Waals surface area contributed by atoms with Crippen molar-refractivity contribution in [2.45, 2.75) is 138 Å². The minimum absolute atomic E-state index is 0. The van der Waals surface area contributed by atoms with Crippen LogP contribution in [0.4, 0.5) is 0 Å². The van der Waals surface area contributed by atoms with Gasteiger partial charge in [-0.05, 0) is 104 Å². The molecule has 42 heavy (non-hydrogen) atoms. The van der Waals surface area contributed by atoms with Gasteiger partial charge >= 0.3 is 5.97 Å². The zero-order chi connectivity index (χ0) is 30.0. The van der Waals surface area contributed by atoms with Crippen LogP contribution in [0.15, 0.2) is 23.8 Å². The molecule has 239 valence electrons. The quantitative estimate of drug-likeness (QED) is 0.0907. The van der Waals surface area contributed by atoms with Gasteiger partial charge in [0, 0.05) is 52.8 Å². The number of ether oxygens (including phenoxy) is 2. The normalized spacial score (nSPS) is 34.3. The molecule has 4 aliphatic rings. The van der Waals surface area contributed by atoms with E-state index in [9.17, 15) is 4.79 Å². The molecule has 4 heteroatoms. The third kappa shape index (κ3) is 9.69. The van der Waals surface area contributed by atoms with Gasteiger partial charge in [-0.1, -0.05) is 72.0 Å². The van der Waals surface area contributed by atoms with Crippen LogP contribution >= 0.6 is 0 Å². The average Bonchev–Trinajstić information content (AvgIpc) is 3.28. The zero-order valence-corrected chi connectivity index (χ0v) is 31.1. The van der Waals surface area contributed by atoms with Crippen LogP contribution in [0.3, 0.4) is 0 Å². The summed E-state index contributed by atoms with van der Waals surface area (Å²) in [6.45, 7) is 22.8. The molecular weight excluding hydrogens is 593 g/mol. The topological polar surface area (TPSA) is 35.5 Å². The van der Waals surface area contributed by atoms with Gasteiger partial charge in [-0.3, -0.25) is 4.79 Å². The fourth-order valence-corrected chi connectivity index (χ4v) is 9.56. The molecule has 0 aliphatic heterocycles. The molecule has 8 atom stereocenters. The Morgan fingerprint density at radius 1 is 1.05 bits per heavy atom. The summed E-state index contributed by atoms with van der Waals surface area (Å²) in [5.74, 6) is 5.33. The first-order valence-corrected chi connectivity index (χ1v) is 17.2. The van der Waals surface area contributed by atoms with Gasteiger partial charge in [0.25, 0.3) is 0 Å². The van der Waals surface area contributed by atoms with Gasteiger partial charge in [-0.15, -0.1) is 0 Å². The molecule has 3 fully saturated rings. The Balaban J connectivity index is 0.000000603. The van der Waals surface area contributed by atoms with Crippen molar-refractivity contribution in [3.05, 3.63) is 37.6 Å². The maximum absolute atomic E-state index is 10.0. The van der Waals surface area contributed by atoms with E-state index in [0.29, 0.717) is 23.5 Å². The van der Waals surface area contributed by atoms with Crippen molar-refractivity contribution in [3.63, 3.8) is 0 Å². The standard InChI is InChI=1S/C32H55O.C6H9O2.Y/c1-7-8-9-21-33-26-17-19-31(5)25(22-26)13-14-27-29-16-15-28(24(4)12-10-11-23(2)3)32(29,6)20-18-30(27)31;1-3-4-5-8-6(2)7;/h13,23-24,26-30H,1,7-12,14-22H2,2-6H3;3-4H,1,5H2,2H3;/q2*-1;/b;4-3+;/t24-,26+,27?,28-,29?,30?,31+,32-;;/m1../s1. The summed E-state index contributed by atoms with van der Waals surface area (Å²) < 4.78 is 10.8. The number of rotatable bonds is 12. The molecule has 0 saturated heterocycles. The number of carbonyl (C=O) groups excluding carboxylic acids is 1. The minimum atomic E-state index is -0.261. The second-order valence-electron chi connectivity index (χ2n) is 14.9. The summed E-state index contributed by atoms with van der Waals surface area (Å²) in [6.07, 6.45) is 25.4. The van der Waals surface area contributed by atoms with Crippen LogP contribution in [-0.2, 0) is 47.0 Å². The van der Waals surface area contributed by atoms with Crippen molar-refractivity contribution in [3.8, 4) is 0 Å². The van der Waals surface area contributed by atoms with Crippen LogP contribution in [0, 0.1) is 60.2 Å². The SMILES string of the molecule is [CH2-]/C=C/COC(C)=O.[CH2-]CCCCO[C@H]1CC[C@@]2(C)C(=CCC3C2CC[C@@]2(C)C3CC[C@@H]2[C@H](C)CCCC(C)C)C1.[Y]. The summed E-state index contributed by atoms with van der Waals surface area (Å²) in [7, 11) is 0. The Hall–Kier alpha value is -0.116. The number of hydrogen-bond donors (Lipinski definition) is 0. The van der Waals surface area contributed by atoms with Crippen LogP contribution in [0.1, 0.15) is 131 Å². The molecule has 3 saturated carbocycles. The summed E-state index contributed by atoms with van der Waals surface area (Å²) in [5.41, 5.74) is 2.84. The van der Waals surface area contributed by atoms with Gasteiger partial charge in [0.2, 0.25) is 0 Å². The third-order valence-electron chi connectivity index (χ3n) is 11.8. The van der Waals surface area contributed by atoms with Gasteiger partial charge in [0.15, 0.2) is 0 Å². The Kier molecular flexibility index (Phi) is 16.4. The van der Waals surface area contributed by atoms with Crippen molar-refractivity contribution in [1.82, 2.24) is 0 Å². The molecule has 0 bridgehead atoms. The monoisotopic (exact) mass is 657 g/mol.